The van der Waals surface area contributed by atoms with E-state index in [1.165, 1.54) is 36.4 Å². The van der Waals surface area contributed by atoms with Gasteiger partial charge in [-0.05, 0) is 48.5 Å². The third-order valence-corrected chi connectivity index (χ3v) is 5.70. The second-order valence-electron chi connectivity index (χ2n) is 6.95. The van der Waals surface area contributed by atoms with Gasteiger partial charge in [0.2, 0.25) is 15.9 Å². The molecule has 1 amide bonds. The van der Waals surface area contributed by atoms with E-state index in [4.69, 9.17) is 26.7 Å². The number of nitrogens with two attached hydrogens (primary N) is 1. The number of hydrogen-bond acceptors (Lipinski definition) is 5. The number of ether oxygens (including phenoxy) is 1. The minimum atomic E-state index is -3.90. The highest BCUT2D eigenvalue weighted by Gasteiger charge is 2.19. The van der Waals surface area contributed by atoms with Crippen molar-refractivity contribution in [3.63, 3.8) is 0 Å². The lowest BCUT2D eigenvalue weighted by Crippen LogP contribution is -2.16. The minimum Gasteiger partial charge on any atom is -0.453 e. The van der Waals surface area contributed by atoms with Gasteiger partial charge in [-0.1, -0.05) is 17.7 Å². The molecule has 0 saturated heterocycles. The van der Waals surface area contributed by atoms with Crippen molar-refractivity contribution in [3.8, 4) is 17.6 Å². The Hall–Kier alpha value is -3.59. The molecule has 0 aliphatic rings. The Morgan fingerprint density at radius 3 is 2.41 bits per heavy atom. The van der Waals surface area contributed by atoms with Gasteiger partial charge in [-0.3, -0.25) is 4.79 Å². The average molecular weight is 510 g/mol. The van der Waals surface area contributed by atoms with Crippen molar-refractivity contribution in [2.24, 2.45) is 5.14 Å². The fourth-order valence-corrected chi connectivity index (χ4v) is 3.60. The van der Waals surface area contributed by atoms with Crippen LogP contribution in [0.3, 0.4) is 0 Å². The summed E-state index contributed by atoms with van der Waals surface area (Å²) in [4.78, 5) is 12.2. The molecule has 0 saturated carbocycles. The second kappa shape index (κ2) is 10.1. The molecule has 12 heteroatoms. The van der Waals surface area contributed by atoms with E-state index in [0.717, 1.165) is 18.2 Å². The molecule has 176 valence electrons. The van der Waals surface area contributed by atoms with Crippen molar-refractivity contribution < 1.29 is 31.1 Å². The molecule has 0 unspecified atom stereocenters. The summed E-state index contributed by atoms with van der Waals surface area (Å²) in [6.45, 7) is 0. The first kappa shape index (κ1) is 25.0. The molecule has 7 nitrogen and oxygen atoms in total. The zero-order chi connectivity index (χ0) is 25.0. The highest BCUT2D eigenvalue weighted by molar-refractivity contribution is 7.89. The van der Waals surface area contributed by atoms with Gasteiger partial charge in [-0.25, -0.2) is 26.7 Å². The standard InChI is InChI=1S/C22H15ClF3N3O4S/c23-18-6-1-13(10-19(30)29-15-2-4-17(5-3-15)34(28,31)32)20(24)21(18)33-16-8-12(11-27)7-14(9-16)22(25)26/h1-9,22H,10H2,(H,29,30)(H2,28,31,32). The average Bonchev–Trinajstić information content (AvgIpc) is 2.78. The molecule has 0 heterocycles. The van der Waals surface area contributed by atoms with Crippen LogP contribution in [0.5, 0.6) is 11.5 Å². The molecule has 3 rings (SSSR count). The first-order valence-electron chi connectivity index (χ1n) is 9.38. The third kappa shape index (κ3) is 6.05. The van der Waals surface area contributed by atoms with Gasteiger partial charge in [0, 0.05) is 16.8 Å². The zero-order valence-corrected chi connectivity index (χ0v) is 18.6. The number of alkyl halides is 2. The zero-order valence-electron chi connectivity index (χ0n) is 17.1. The van der Waals surface area contributed by atoms with Crippen LogP contribution in [-0.4, -0.2) is 14.3 Å². The minimum absolute atomic E-state index is 0.108. The SMILES string of the molecule is N#Cc1cc(Oc2c(Cl)ccc(CC(=O)Nc3ccc(S(N)(=O)=O)cc3)c2F)cc(C(F)F)c1. The Bertz CT molecular complexity index is 1390. The molecule has 0 aliphatic heterocycles. The molecule has 34 heavy (non-hydrogen) atoms. The van der Waals surface area contributed by atoms with Gasteiger partial charge in [0.1, 0.15) is 5.75 Å². The molecule has 0 bridgehead atoms. The lowest BCUT2D eigenvalue weighted by atomic mass is 10.1. The van der Waals surface area contributed by atoms with E-state index in [0.29, 0.717) is 0 Å². The predicted molar refractivity (Wildman–Crippen MR) is 118 cm³/mol. The van der Waals surface area contributed by atoms with Gasteiger partial charge in [-0.15, -0.1) is 0 Å². The predicted octanol–water partition coefficient (Wildman–Crippen LogP) is 4.91. The molecule has 3 aromatic carbocycles. The fraction of sp³-hybridized carbons (Fsp3) is 0.0909. The van der Waals surface area contributed by atoms with E-state index in [9.17, 15) is 22.0 Å². The number of primary sulfonamides is 1. The van der Waals surface area contributed by atoms with Gasteiger partial charge < -0.3 is 10.1 Å². The largest absolute Gasteiger partial charge is 0.453 e. The van der Waals surface area contributed by atoms with Crippen LogP contribution >= 0.6 is 11.6 Å². The van der Waals surface area contributed by atoms with Gasteiger partial charge in [-0.2, -0.15) is 5.26 Å². The van der Waals surface area contributed by atoms with Crippen molar-refractivity contribution in [1.29, 1.82) is 5.26 Å². The van der Waals surface area contributed by atoms with E-state index in [-0.39, 0.29) is 32.5 Å². The summed E-state index contributed by atoms with van der Waals surface area (Å²) < 4.78 is 69.2. The molecule has 0 aliphatic carbocycles. The number of hydrogen-bond donors (Lipinski definition) is 2. The van der Waals surface area contributed by atoms with Gasteiger partial charge in [0.25, 0.3) is 6.43 Å². The molecule has 0 aromatic heterocycles. The van der Waals surface area contributed by atoms with Crippen molar-refractivity contribution >= 4 is 33.2 Å². The molecule has 0 atom stereocenters. The molecular formula is C22H15ClF3N3O4S. The maximum atomic E-state index is 15.1. The van der Waals surface area contributed by atoms with E-state index in [1.54, 1.807) is 6.07 Å². The van der Waals surface area contributed by atoms with E-state index in [2.05, 4.69) is 5.32 Å². The Morgan fingerprint density at radius 2 is 1.82 bits per heavy atom. The number of amides is 1. The number of rotatable bonds is 7. The Balaban J connectivity index is 1.81. The highest BCUT2D eigenvalue weighted by atomic mass is 35.5. The first-order valence-corrected chi connectivity index (χ1v) is 11.3. The maximum absolute atomic E-state index is 15.1. The summed E-state index contributed by atoms with van der Waals surface area (Å²) in [6, 6.07) is 12.3. The summed E-state index contributed by atoms with van der Waals surface area (Å²) in [6.07, 6.45) is -3.33. The van der Waals surface area contributed by atoms with E-state index < -0.39 is 45.9 Å². The van der Waals surface area contributed by atoms with Crippen LogP contribution in [0.4, 0.5) is 18.9 Å². The van der Waals surface area contributed by atoms with Crippen LogP contribution < -0.4 is 15.2 Å². The first-order chi connectivity index (χ1) is 16.0. The Kier molecular flexibility index (Phi) is 7.46. The van der Waals surface area contributed by atoms with Crippen molar-refractivity contribution in [2.45, 2.75) is 17.7 Å². The van der Waals surface area contributed by atoms with Crippen LogP contribution in [0, 0.1) is 17.1 Å². The lowest BCUT2D eigenvalue weighted by Gasteiger charge is -2.13. The number of sulfonamides is 1. The highest BCUT2D eigenvalue weighted by Crippen LogP contribution is 2.36. The van der Waals surface area contributed by atoms with Crippen LogP contribution in [0.2, 0.25) is 5.02 Å². The summed E-state index contributed by atoms with van der Waals surface area (Å²) in [5.41, 5.74) is -0.470. The quantitative estimate of drug-likeness (QED) is 0.468. The normalized spacial score (nSPS) is 11.2. The monoisotopic (exact) mass is 509 g/mol. The Labute approximate surface area is 197 Å². The van der Waals surface area contributed by atoms with Gasteiger partial charge in [0.15, 0.2) is 11.6 Å². The maximum Gasteiger partial charge on any atom is 0.264 e. The molecule has 0 radical (unpaired) electrons. The van der Waals surface area contributed by atoms with Crippen LogP contribution in [0.15, 0.2) is 59.5 Å². The summed E-state index contributed by atoms with van der Waals surface area (Å²) in [5, 5.41) is 16.3. The number of anilines is 1. The molecule has 3 N–H and O–H groups in total. The number of carbonyl (C=O) groups is 1. The van der Waals surface area contributed by atoms with Crippen molar-refractivity contribution in [1.82, 2.24) is 0 Å². The van der Waals surface area contributed by atoms with Crippen LogP contribution in [-0.2, 0) is 21.2 Å². The lowest BCUT2D eigenvalue weighted by molar-refractivity contribution is -0.115. The third-order valence-electron chi connectivity index (χ3n) is 4.48. The number of nitrogens with zero attached hydrogens (tertiary/aromatic N) is 1. The number of benzene rings is 3. The van der Waals surface area contributed by atoms with E-state index >= 15 is 4.39 Å². The van der Waals surface area contributed by atoms with Crippen LogP contribution in [0.1, 0.15) is 23.1 Å². The smallest absolute Gasteiger partial charge is 0.264 e. The molecule has 0 fully saturated rings. The summed E-state index contributed by atoms with van der Waals surface area (Å²) in [7, 11) is -3.90. The second-order valence-corrected chi connectivity index (χ2v) is 8.92. The van der Waals surface area contributed by atoms with Gasteiger partial charge >= 0.3 is 0 Å². The molecule has 0 spiro atoms. The van der Waals surface area contributed by atoms with E-state index in [1.807, 2.05) is 0 Å². The number of nitriles is 1. The molecular weight excluding hydrogens is 495 g/mol. The van der Waals surface area contributed by atoms with Crippen LogP contribution in [0.25, 0.3) is 0 Å². The number of halogens is 4. The Morgan fingerprint density at radius 1 is 1.15 bits per heavy atom. The molecule has 3 aromatic rings. The topological polar surface area (TPSA) is 122 Å². The number of nitrogens with one attached hydrogen (secondary N) is 1. The summed E-state index contributed by atoms with van der Waals surface area (Å²) >= 11 is 6.01. The fourth-order valence-electron chi connectivity index (χ4n) is 2.90. The van der Waals surface area contributed by atoms with Crippen molar-refractivity contribution in [2.75, 3.05) is 5.32 Å². The number of carbonyl (C=O) groups excluding carboxylic acids is 1. The van der Waals surface area contributed by atoms with Crippen molar-refractivity contribution in [3.05, 3.63) is 82.1 Å². The summed E-state index contributed by atoms with van der Waals surface area (Å²) in [5.74, 6) is -2.36. The van der Waals surface area contributed by atoms with Gasteiger partial charge in [0.05, 0.1) is 28.0 Å².